The molecule has 0 radical (unpaired) electrons. The largest absolute Gasteiger partial charge is 0.506 e. The third-order valence-electron chi connectivity index (χ3n) is 4.16. The number of benzene rings is 2. The van der Waals surface area contributed by atoms with Crippen molar-refractivity contribution in [3.05, 3.63) is 52.6 Å². The van der Waals surface area contributed by atoms with E-state index in [1.165, 1.54) is 12.1 Å². The highest BCUT2D eigenvalue weighted by molar-refractivity contribution is 5.98. The molecular formula is C18H15F3O3. The van der Waals surface area contributed by atoms with Gasteiger partial charge in [0.2, 0.25) is 0 Å². The summed E-state index contributed by atoms with van der Waals surface area (Å²) in [6.45, 7) is 3.57. The lowest BCUT2D eigenvalue weighted by atomic mass is 9.89. The first-order chi connectivity index (χ1) is 11.2. The van der Waals surface area contributed by atoms with Gasteiger partial charge in [0.1, 0.15) is 17.4 Å². The monoisotopic (exact) mass is 336 g/mol. The summed E-state index contributed by atoms with van der Waals surface area (Å²) in [6, 6.07) is 6.14. The normalized spacial score (nSPS) is 17.4. The number of halogens is 3. The SMILES string of the molecule is Cc1cc(-c2ccc(C(F)(F)F)cc2)c(O)c2c1C[C@@H](C)OC2=O. The molecule has 24 heavy (non-hydrogen) atoms. The Bertz CT molecular complexity index is 808. The quantitative estimate of drug-likeness (QED) is 0.781. The number of carbonyl (C=O) groups is 1. The maximum atomic E-state index is 12.7. The summed E-state index contributed by atoms with van der Waals surface area (Å²) in [4.78, 5) is 12.1. The maximum Gasteiger partial charge on any atom is 0.416 e. The Morgan fingerprint density at radius 2 is 1.83 bits per heavy atom. The molecule has 1 N–H and O–H groups in total. The van der Waals surface area contributed by atoms with Crippen molar-refractivity contribution in [2.45, 2.75) is 32.5 Å². The van der Waals surface area contributed by atoms with E-state index in [9.17, 15) is 23.1 Å². The Morgan fingerprint density at radius 1 is 1.21 bits per heavy atom. The van der Waals surface area contributed by atoms with E-state index in [0.29, 0.717) is 23.1 Å². The fourth-order valence-electron chi connectivity index (χ4n) is 2.96. The Kier molecular flexibility index (Phi) is 3.78. The van der Waals surface area contributed by atoms with Crippen LogP contribution in [0.2, 0.25) is 0 Å². The number of alkyl halides is 3. The van der Waals surface area contributed by atoms with E-state index in [1.54, 1.807) is 19.9 Å². The fourth-order valence-corrected chi connectivity index (χ4v) is 2.96. The number of phenolic OH excluding ortho intramolecular Hbond substituents is 1. The first-order valence-electron chi connectivity index (χ1n) is 7.42. The van der Waals surface area contributed by atoms with Gasteiger partial charge in [-0.3, -0.25) is 0 Å². The molecule has 1 aliphatic heterocycles. The molecular weight excluding hydrogens is 321 g/mol. The smallest absolute Gasteiger partial charge is 0.416 e. The molecule has 1 aliphatic rings. The number of carbonyl (C=O) groups excluding carboxylic acids is 1. The van der Waals surface area contributed by atoms with Crippen LogP contribution in [0, 0.1) is 6.92 Å². The van der Waals surface area contributed by atoms with Crippen molar-refractivity contribution in [3.8, 4) is 16.9 Å². The highest BCUT2D eigenvalue weighted by atomic mass is 19.4. The summed E-state index contributed by atoms with van der Waals surface area (Å²) in [5, 5.41) is 10.5. The van der Waals surface area contributed by atoms with Gasteiger partial charge in [-0.05, 0) is 48.7 Å². The molecule has 0 saturated heterocycles. The van der Waals surface area contributed by atoms with E-state index in [2.05, 4.69) is 0 Å². The van der Waals surface area contributed by atoms with Gasteiger partial charge in [0.15, 0.2) is 0 Å². The van der Waals surface area contributed by atoms with Gasteiger partial charge in [0.05, 0.1) is 5.56 Å². The van der Waals surface area contributed by atoms with Crippen LogP contribution in [-0.4, -0.2) is 17.2 Å². The molecule has 1 heterocycles. The number of phenols is 1. The van der Waals surface area contributed by atoms with Crippen molar-refractivity contribution in [1.29, 1.82) is 0 Å². The van der Waals surface area contributed by atoms with Crippen LogP contribution in [0.3, 0.4) is 0 Å². The average molecular weight is 336 g/mol. The number of ether oxygens (including phenoxy) is 1. The van der Waals surface area contributed by atoms with E-state index in [1.807, 2.05) is 0 Å². The third-order valence-corrected chi connectivity index (χ3v) is 4.16. The fraction of sp³-hybridized carbons (Fsp3) is 0.278. The molecule has 126 valence electrons. The van der Waals surface area contributed by atoms with Crippen LogP contribution in [0.25, 0.3) is 11.1 Å². The van der Waals surface area contributed by atoms with Crippen molar-refractivity contribution in [1.82, 2.24) is 0 Å². The molecule has 0 spiro atoms. The zero-order valence-electron chi connectivity index (χ0n) is 13.1. The highest BCUT2D eigenvalue weighted by Gasteiger charge is 2.32. The number of rotatable bonds is 1. The van der Waals surface area contributed by atoms with Crippen molar-refractivity contribution in [2.24, 2.45) is 0 Å². The lowest BCUT2D eigenvalue weighted by Gasteiger charge is -2.25. The van der Waals surface area contributed by atoms with E-state index in [4.69, 9.17) is 4.74 Å². The first-order valence-corrected chi connectivity index (χ1v) is 7.42. The van der Waals surface area contributed by atoms with Gasteiger partial charge in [-0.2, -0.15) is 13.2 Å². The van der Waals surface area contributed by atoms with Crippen LogP contribution < -0.4 is 0 Å². The third kappa shape index (κ3) is 2.72. The predicted molar refractivity (Wildman–Crippen MR) is 81.9 cm³/mol. The van der Waals surface area contributed by atoms with Crippen molar-refractivity contribution in [2.75, 3.05) is 0 Å². The molecule has 0 unspecified atom stereocenters. The van der Waals surface area contributed by atoms with E-state index in [0.717, 1.165) is 17.7 Å². The first kappa shape index (κ1) is 16.4. The molecule has 0 amide bonds. The second-order valence-corrected chi connectivity index (χ2v) is 5.94. The number of hydrogen-bond acceptors (Lipinski definition) is 3. The standard InChI is InChI=1S/C18H15F3O3/c1-9-7-14(11-3-5-12(6-4-11)18(19,20)21)16(22)15-13(9)8-10(2)24-17(15)23/h3-7,10,22H,8H2,1-2H3/t10-/m1/s1. The van der Waals surface area contributed by atoms with Crippen LogP contribution in [0.15, 0.2) is 30.3 Å². The van der Waals surface area contributed by atoms with Crippen LogP contribution in [-0.2, 0) is 17.3 Å². The molecule has 1 atom stereocenters. The summed E-state index contributed by atoms with van der Waals surface area (Å²) >= 11 is 0. The van der Waals surface area contributed by atoms with Crippen LogP contribution in [0.1, 0.15) is 34.0 Å². The molecule has 2 aromatic rings. The van der Waals surface area contributed by atoms with E-state index >= 15 is 0 Å². The van der Waals surface area contributed by atoms with Gasteiger partial charge >= 0.3 is 12.1 Å². The molecule has 3 rings (SSSR count). The second-order valence-electron chi connectivity index (χ2n) is 5.94. The van der Waals surface area contributed by atoms with Crippen molar-refractivity contribution < 1.29 is 27.8 Å². The molecule has 0 aromatic heterocycles. The molecule has 3 nitrogen and oxygen atoms in total. The van der Waals surface area contributed by atoms with Crippen molar-refractivity contribution in [3.63, 3.8) is 0 Å². The predicted octanol–water partition coefficient (Wildman–Crippen LogP) is 4.49. The zero-order valence-corrected chi connectivity index (χ0v) is 13.1. The number of hydrogen-bond donors (Lipinski definition) is 1. The summed E-state index contributed by atoms with van der Waals surface area (Å²) < 4.78 is 43.2. The maximum absolute atomic E-state index is 12.7. The van der Waals surface area contributed by atoms with Gasteiger partial charge in [0, 0.05) is 12.0 Å². The van der Waals surface area contributed by atoms with Gasteiger partial charge in [-0.15, -0.1) is 0 Å². The number of esters is 1. The molecule has 0 saturated carbocycles. The lowest BCUT2D eigenvalue weighted by molar-refractivity contribution is -0.137. The van der Waals surface area contributed by atoms with Crippen LogP contribution >= 0.6 is 0 Å². The van der Waals surface area contributed by atoms with Gasteiger partial charge in [0.25, 0.3) is 0 Å². The summed E-state index contributed by atoms with van der Waals surface area (Å²) in [6.07, 6.45) is -4.21. The number of aryl methyl sites for hydroxylation is 1. The highest BCUT2D eigenvalue weighted by Crippen LogP contribution is 2.40. The summed E-state index contributed by atoms with van der Waals surface area (Å²) in [5.74, 6) is -0.870. The second kappa shape index (κ2) is 5.54. The Balaban J connectivity index is 2.12. The van der Waals surface area contributed by atoms with Crippen LogP contribution in [0.4, 0.5) is 13.2 Å². The summed E-state index contributed by atoms with van der Waals surface area (Å²) in [7, 11) is 0. The van der Waals surface area contributed by atoms with Crippen LogP contribution in [0.5, 0.6) is 5.75 Å². The Morgan fingerprint density at radius 3 is 2.42 bits per heavy atom. The number of fused-ring (bicyclic) bond motifs is 1. The zero-order chi connectivity index (χ0) is 17.6. The van der Waals surface area contributed by atoms with Gasteiger partial charge < -0.3 is 9.84 Å². The van der Waals surface area contributed by atoms with E-state index in [-0.39, 0.29) is 17.4 Å². The topological polar surface area (TPSA) is 46.5 Å². The minimum Gasteiger partial charge on any atom is -0.506 e. The Labute approximate surface area is 136 Å². The summed E-state index contributed by atoms with van der Waals surface area (Å²) in [5.41, 5.74) is 1.55. The molecule has 6 heteroatoms. The van der Waals surface area contributed by atoms with E-state index < -0.39 is 17.7 Å². The van der Waals surface area contributed by atoms with Crippen molar-refractivity contribution >= 4 is 5.97 Å². The van der Waals surface area contributed by atoms with Gasteiger partial charge in [-0.25, -0.2) is 4.79 Å². The molecule has 0 bridgehead atoms. The molecule has 2 aromatic carbocycles. The average Bonchev–Trinajstić information content (AvgIpc) is 2.49. The molecule has 0 aliphatic carbocycles. The van der Waals surface area contributed by atoms with Gasteiger partial charge in [-0.1, -0.05) is 12.1 Å². The number of aromatic hydroxyl groups is 1. The minimum absolute atomic E-state index is 0.1000. The minimum atomic E-state index is -4.42. The molecule has 0 fully saturated rings. The lowest BCUT2D eigenvalue weighted by Crippen LogP contribution is -2.26. The number of cyclic esters (lactones) is 1. The Hall–Kier alpha value is -2.50.